The van der Waals surface area contributed by atoms with Gasteiger partial charge < -0.3 is 4.74 Å². The Morgan fingerprint density at radius 2 is 2.12 bits per heavy atom. The van der Waals surface area contributed by atoms with Crippen molar-refractivity contribution in [2.24, 2.45) is 0 Å². The Morgan fingerprint density at radius 3 is 2.88 bits per heavy atom. The molecule has 84 valence electrons. The summed E-state index contributed by atoms with van der Waals surface area (Å²) in [5.74, 6) is 1.75. The highest BCUT2D eigenvalue weighted by molar-refractivity contribution is 5.31. The summed E-state index contributed by atoms with van der Waals surface area (Å²) >= 11 is 0. The SMILES string of the molecule is CCn1ncnc1COc1ccccc1C. The maximum Gasteiger partial charge on any atom is 0.164 e. The number of para-hydroxylation sites is 1. The molecular weight excluding hydrogens is 202 g/mol. The maximum absolute atomic E-state index is 5.70. The molecular formula is C12H15N3O. The van der Waals surface area contributed by atoms with Crippen LogP contribution in [0.25, 0.3) is 0 Å². The van der Waals surface area contributed by atoms with Crippen LogP contribution in [0.5, 0.6) is 5.75 Å². The van der Waals surface area contributed by atoms with Crippen LogP contribution < -0.4 is 4.74 Å². The van der Waals surface area contributed by atoms with E-state index in [4.69, 9.17) is 4.74 Å². The zero-order valence-electron chi connectivity index (χ0n) is 9.55. The lowest BCUT2D eigenvalue weighted by Crippen LogP contribution is -2.07. The molecule has 0 radical (unpaired) electrons. The number of hydrogen-bond acceptors (Lipinski definition) is 3. The molecule has 0 aliphatic carbocycles. The van der Waals surface area contributed by atoms with Gasteiger partial charge >= 0.3 is 0 Å². The predicted molar refractivity (Wildman–Crippen MR) is 61.2 cm³/mol. The van der Waals surface area contributed by atoms with Gasteiger partial charge in [-0.25, -0.2) is 9.67 Å². The van der Waals surface area contributed by atoms with Crippen molar-refractivity contribution in [1.82, 2.24) is 14.8 Å². The number of aryl methyl sites for hydroxylation is 2. The molecule has 0 saturated carbocycles. The van der Waals surface area contributed by atoms with Gasteiger partial charge in [-0.2, -0.15) is 5.10 Å². The van der Waals surface area contributed by atoms with Crippen molar-refractivity contribution in [3.63, 3.8) is 0 Å². The van der Waals surface area contributed by atoms with E-state index in [1.165, 1.54) is 0 Å². The first-order valence-electron chi connectivity index (χ1n) is 5.36. The van der Waals surface area contributed by atoms with E-state index in [-0.39, 0.29) is 0 Å². The summed E-state index contributed by atoms with van der Waals surface area (Å²) < 4.78 is 7.53. The molecule has 2 aromatic rings. The van der Waals surface area contributed by atoms with Gasteiger partial charge in [0, 0.05) is 6.54 Å². The number of benzene rings is 1. The van der Waals surface area contributed by atoms with Gasteiger partial charge in [-0.3, -0.25) is 0 Å². The monoisotopic (exact) mass is 217 g/mol. The van der Waals surface area contributed by atoms with Crippen LogP contribution in [0.3, 0.4) is 0 Å². The van der Waals surface area contributed by atoms with Gasteiger partial charge in [0.1, 0.15) is 18.7 Å². The Kier molecular flexibility index (Phi) is 3.19. The number of hydrogen-bond donors (Lipinski definition) is 0. The van der Waals surface area contributed by atoms with E-state index in [2.05, 4.69) is 10.1 Å². The van der Waals surface area contributed by atoms with Crippen molar-refractivity contribution in [3.8, 4) is 5.75 Å². The van der Waals surface area contributed by atoms with Crippen LogP contribution in [0, 0.1) is 6.92 Å². The van der Waals surface area contributed by atoms with Gasteiger partial charge in [0.25, 0.3) is 0 Å². The van der Waals surface area contributed by atoms with Crippen LogP contribution in [-0.2, 0) is 13.2 Å². The lowest BCUT2D eigenvalue weighted by Gasteiger charge is -2.08. The summed E-state index contributed by atoms with van der Waals surface area (Å²) in [5.41, 5.74) is 1.13. The summed E-state index contributed by atoms with van der Waals surface area (Å²) in [6.45, 7) is 5.33. The first kappa shape index (κ1) is 10.7. The number of nitrogens with zero attached hydrogens (tertiary/aromatic N) is 3. The Labute approximate surface area is 94.9 Å². The van der Waals surface area contributed by atoms with Crippen molar-refractivity contribution in [3.05, 3.63) is 42.0 Å². The second kappa shape index (κ2) is 4.79. The number of aromatic nitrogens is 3. The average molecular weight is 217 g/mol. The highest BCUT2D eigenvalue weighted by Crippen LogP contribution is 2.17. The standard InChI is InChI=1S/C12H15N3O/c1-3-15-12(13-9-14-15)8-16-11-7-5-4-6-10(11)2/h4-7,9H,3,8H2,1-2H3. The minimum Gasteiger partial charge on any atom is -0.485 e. The molecule has 4 nitrogen and oxygen atoms in total. The van der Waals surface area contributed by atoms with E-state index in [1.54, 1.807) is 6.33 Å². The summed E-state index contributed by atoms with van der Waals surface area (Å²) in [4.78, 5) is 4.16. The van der Waals surface area contributed by atoms with Crippen molar-refractivity contribution in [2.75, 3.05) is 0 Å². The van der Waals surface area contributed by atoms with Gasteiger partial charge in [-0.05, 0) is 25.5 Å². The lowest BCUT2D eigenvalue weighted by atomic mass is 10.2. The fourth-order valence-corrected chi connectivity index (χ4v) is 1.52. The van der Waals surface area contributed by atoms with Crippen molar-refractivity contribution in [1.29, 1.82) is 0 Å². The third-order valence-corrected chi connectivity index (χ3v) is 2.45. The topological polar surface area (TPSA) is 39.9 Å². The normalized spacial score (nSPS) is 10.4. The fraction of sp³-hybridized carbons (Fsp3) is 0.333. The second-order valence-electron chi connectivity index (χ2n) is 3.55. The summed E-state index contributed by atoms with van der Waals surface area (Å²) in [7, 11) is 0. The van der Waals surface area contributed by atoms with Crippen molar-refractivity contribution in [2.45, 2.75) is 27.0 Å². The molecule has 0 unspecified atom stereocenters. The molecule has 1 heterocycles. The Morgan fingerprint density at radius 1 is 1.31 bits per heavy atom. The minimum absolute atomic E-state index is 0.457. The molecule has 0 atom stereocenters. The minimum atomic E-state index is 0.457. The zero-order chi connectivity index (χ0) is 11.4. The molecule has 0 N–H and O–H groups in total. The lowest BCUT2D eigenvalue weighted by molar-refractivity contribution is 0.285. The summed E-state index contributed by atoms with van der Waals surface area (Å²) in [6, 6.07) is 7.95. The van der Waals surface area contributed by atoms with E-state index in [1.807, 2.05) is 42.8 Å². The molecule has 0 bridgehead atoms. The van der Waals surface area contributed by atoms with Crippen LogP contribution >= 0.6 is 0 Å². The highest BCUT2D eigenvalue weighted by Gasteiger charge is 2.04. The number of ether oxygens (including phenoxy) is 1. The molecule has 2 rings (SSSR count). The molecule has 0 aliphatic rings. The largest absolute Gasteiger partial charge is 0.485 e. The van der Waals surface area contributed by atoms with Gasteiger partial charge in [0.15, 0.2) is 5.82 Å². The molecule has 0 saturated heterocycles. The smallest absolute Gasteiger partial charge is 0.164 e. The third kappa shape index (κ3) is 2.21. The first-order valence-corrected chi connectivity index (χ1v) is 5.36. The Balaban J connectivity index is 2.05. The van der Waals surface area contributed by atoms with E-state index >= 15 is 0 Å². The van der Waals surface area contributed by atoms with Crippen LogP contribution in [-0.4, -0.2) is 14.8 Å². The van der Waals surface area contributed by atoms with Crippen LogP contribution in [0.2, 0.25) is 0 Å². The van der Waals surface area contributed by atoms with Crippen LogP contribution in [0.1, 0.15) is 18.3 Å². The van der Waals surface area contributed by atoms with Gasteiger partial charge in [0.05, 0.1) is 0 Å². The zero-order valence-corrected chi connectivity index (χ0v) is 9.55. The third-order valence-electron chi connectivity index (χ3n) is 2.45. The summed E-state index contributed by atoms with van der Waals surface area (Å²) in [6.07, 6.45) is 1.56. The highest BCUT2D eigenvalue weighted by atomic mass is 16.5. The molecule has 0 aliphatic heterocycles. The number of rotatable bonds is 4. The van der Waals surface area contributed by atoms with Crippen molar-refractivity contribution < 1.29 is 4.74 Å². The average Bonchev–Trinajstić information content (AvgIpc) is 2.75. The summed E-state index contributed by atoms with van der Waals surface area (Å²) in [5, 5.41) is 4.09. The molecule has 0 spiro atoms. The fourth-order valence-electron chi connectivity index (χ4n) is 1.52. The first-order chi connectivity index (χ1) is 7.81. The Bertz CT molecular complexity index is 465. The van der Waals surface area contributed by atoms with Gasteiger partial charge in [-0.1, -0.05) is 18.2 Å². The van der Waals surface area contributed by atoms with E-state index in [0.717, 1.165) is 23.7 Å². The van der Waals surface area contributed by atoms with Gasteiger partial charge in [0.2, 0.25) is 0 Å². The molecule has 4 heteroatoms. The van der Waals surface area contributed by atoms with E-state index in [9.17, 15) is 0 Å². The molecule has 0 fully saturated rings. The molecule has 1 aromatic carbocycles. The predicted octanol–water partition coefficient (Wildman–Crippen LogP) is 2.19. The van der Waals surface area contributed by atoms with Crippen LogP contribution in [0.4, 0.5) is 0 Å². The molecule has 0 amide bonds. The molecule has 1 aromatic heterocycles. The van der Waals surface area contributed by atoms with E-state index < -0.39 is 0 Å². The van der Waals surface area contributed by atoms with Crippen LogP contribution in [0.15, 0.2) is 30.6 Å². The Hall–Kier alpha value is -1.84. The quantitative estimate of drug-likeness (QED) is 0.788. The molecule has 16 heavy (non-hydrogen) atoms. The van der Waals surface area contributed by atoms with Crippen molar-refractivity contribution >= 4 is 0 Å². The maximum atomic E-state index is 5.70. The second-order valence-corrected chi connectivity index (χ2v) is 3.55. The van der Waals surface area contributed by atoms with E-state index in [0.29, 0.717) is 6.61 Å². The van der Waals surface area contributed by atoms with Gasteiger partial charge in [-0.15, -0.1) is 0 Å².